The Balaban J connectivity index is 1.83. The number of carbonyl (C=O) groups is 1. The van der Waals surface area contributed by atoms with E-state index in [0.717, 1.165) is 25.9 Å². The van der Waals surface area contributed by atoms with E-state index in [9.17, 15) is 9.90 Å². The first-order chi connectivity index (χ1) is 9.20. The van der Waals surface area contributed by atoms with E-state index < -0.39 is 0 Å². The number of aromatic hydroxyl groups is 1. The Kier molecular flexibility index (Phi) is 4.63. The van der Waals surface area contributed by atoms with E-state index in [1.165, 1.54) is 13.2 Å². The van der Waals surface area contributed by atoms with Crippen LogP contribution in [0.1, 0.15) is 29.6 Å². The Morgan fingerprint density at radius 3 is 3.05 bits per heavy atom. The van der Waals surface area contributed by atoms with Crippen LogP contribution >= 0.6 is 0 Å². The van der Waals surface area contributed by atoms with Crippen molar-refractivity contribution < 1.29 is 19.4 Å². The van der Waals surface area contributed by atoms with Crippen LogP contribution in [0, 0.1) is 0 Å². The molecule has 0 bridgehead atoms. The lowest BCUT2D eigenvalue weighted by Crippen LogP contribution is -2.26. The van der Waals surface area contributed by atoms with E-state index in [1.54, 1.807) is 12.1 Å². The summed E-state index contributed by atoms with van der Waals surface area (Å²) in [4.78, 5) is 11.9. The lowest BCUT2D eigenvalue weighted by molar-refractivity contribution is 0.0907. The van der Waals surface area contributed by atoms with Gasteiger partial charge in [-0.3, -0.25) is 4.79 Å². The molecule has 1 heterocycles. The predicted octanol–water partition coefficient (Wildman–Crippen LogP) is 1.70. The first-order valence-corrected chi connectivity index (χ1v) is 6.47. The number of hydrogen-bond donors (Lipinski definition) is 2. The monoisotopic (exact) mass is 265 g/mol. The van der Waals surface area contributed by atoms with Gasteiger partial charge in [0.2, 0.25) is 0 Å². The summed E-state index contributed by atoms with van der Waals surface area (Å²) < 4.78 is 10.4. The van der Waals surface area contributed by atoms with Gasteiger partial charge >= 0.3 is 0 Å². The third-order valence-electron chi connectivity index (χ3n) is 3.22. The average molecular weight is 265 g/mol. The van der Waals surface area contributed by atoms with Crippen molar-refractivity contribution in [2.24, 2.45) is 0 Å². The molecule has 5 heteroatoms. The van der Waals surface area contributed by atoms with E-state index in [2.05, 4.69) is 5.32 Å². The van der Waals surface area contributed by atoms with Crippen LogP contribution in [0.5, 0.6) is 11.5 Å². The SMILES string of the molecule is COc1ccc(C(=O)NCCC2CCCO2)cc1O. The van der Waals surface area contributed by atoms with Crippen molar-refractivity contribution in [1.82, 2.24) is 5.32 Å². The highest BCUT2D eigenvalue weighted by atomic mass is 16.5. The lowest BCUT2D eigenvalue weighted by atomic mass is 10.1. The number of hydrogen-bond acceptors (Lipinski definition) is 4. The Labute approximate surface area is 112 Å². The van der Waals surface area contributed by atoms with Gasteiger partial charge in [-0.2, -0.15) is 0 Å². The summed E-state index contributed by atoms with van der Waals surface area (Å²) in [7, 11) is 1.47. The molecule has 1 unspecified atom stereocenters. The molecule has 1 amide bonds. The minimum Gasteiger partial charge on any atom is -0.504 e. The second kappa shape index (κ2) is 6.43. The molecule has 1 atom stereocenters. The van der Waals surface area contributed by atoms with Crippen LogP contribution in [-0.4, -0.2) is 37.4 Å². The molecule has 2 N–H and O–H groups in total. The number of ether oxygens (including phenoxy) is 2. The van der Waals surface area contributed by atoms with E-state index in [1.807, 2.05) is 0 Å². The van der Waals surface area contributed by atoms with E-state index in [4.69, 9.17) is 9.47 Å². The first-order valence-electron chi connectivity index (χ1n) is 6.47. The smallest absolute Gasteiger partial charge is 0.251 e. The van der Waals surface area contributed by atoms with E-state index in [-0.39, 0.29) is 17.8 Å². The van der Waals surface area contributed by atoms with Crippen LogP contribution in [0.15, 0.2) is 18.2 Å². The topological polar surface area (TPSA) is 67.8 Å². The first kappa shape index (κ1) is 13.7. The third-order valence-corrected chi connectivity index (χ3v) is 3.22. The molecule has 0 spiro atoms. The van der Waals surface area contributed by atoms with Gasteiger partial charge < -0.3 is 19.9 Å². The Morgan fingerprint density at radius 2 is 2.42 bits per heavy atom. The molecule has 1 aliphatic rings. The fourth-order valence-corrected chi connectivity index (χ4v) is 2.15. The van der Waals surface area contributed by atoms with Gasteiger partial charge in [0.05, 0.1) is 13.2 Å². The van der Waals surface area contributed by atoms with Crippen LogP contribution < -0.4 is 10.1 Å². The Bertz CT molecular complexity index is 441. The molecule has 19 heavy (non-hydrogen) atoms. The number of phenolic OH excluding ortho intramolecular Hbond substituents is 1. The number of rotatable bonds is 5. The molecule has 0 saturated carbocycles. The minimum atomic E-state index is -0.198. The van der Waals surface area contributed by atoms with Gasteiger partial charge in [0.15, 0.2) is 11.5 Å². The van der Waals surface area contributed by atoms with Crippen molar-refractivity contribution in [1.29, 1.82) is 0 Å². The largest absolute Gasteiger partial charge is 0.504 e. The summed E-state index contributed by atoms with van der Waals surface area (Å²) in [5.41, 5.74) is 0.422. The number of phenols is 1. The molecule has 1 aromatic rings. The predicted molar refractivity (Wildman–Crippen MR) is 70.6 cm³/mol. The second-order valence-electron chi connectivity index (χ2n) is 4.57. The summed E-state index contributed by atoms with van der Waals surface area (Å²) in [6, 6.07) is 4.60. The summed E-state index contributed by atoms with van der Waals surface area (Å²) in [6.45, 7) is 1.40. The summed E-state index contributed by atoms with van der Waals surface area (Å²) in [5.74, 6) is 0.126. The molecular weight excluding hydrogens is 246 g/mol. The molecule has 1 aliphatic heterocycles. The third kappa shape index (κ3) is 3.61. The lowest BCUT2D eigenvalue weighted by Gasteiger charge is -2.10. The van der Waals surface area contributed by atoms with Crippen molar-refractivity contribution >= 4 is 5.91 Å². The maximum Gasteiger partial charge on any atom is 0.251 e. The van der Waals surface area contributed by atoms with Gasteiger partial charge in [0.1, 0.15) is 0 Å². The highest BCUT2D eigenvalue weighted by Crippen LogP contribution is 2.26. The number of nitrogens with one attached hydrogen (secondary N) is 1. The molecule has 1 fully saturated rings. The maximum atomic E-state index is 11.9. The molecule has 0 aromatic heterocycles. The number of amides is 1. The molecule has 0 aliphatic carbocycles. The van der Waals surface area contributed by atoms with Crippen molar-refractivity contribution in [3.8, 4) is 11.5 Å². The van der Waals surface area contributed by atoms with Crippen LogP contribution in [0.4, 0.5) is 0 Å². The summed E-state index contributed by atoms with van der Waals surface area (Å²) in [6.07, 6.45) is 3.27. The van der Waals surface area contributed by atoms with Gasteiger partial charge in [-0.1, -0.05) is 0 Å². The van der Waals surface area contributed by atoms with Crippen LogP contribution in [-0.2, 0) is 4.74 Å². The quantitative estimate of drug-likeness (QED) is 0.850. The van der Waals surface area contributed by atoms with Crippen LogP contribution in [0.25, 0.3) is 0 Å². The molecule has 104 valence electrons. The van der Waals surface area contributed by atoms with Crippen molar-refractivity contribution in [3.63, 3.8) is 0 Å². The van der Waals surface area contributed by atoms with E-state index in [0.29, 0.717) is 17.9 Å². The molecule has 5 nitrogen and oxygen atoms in total. The van der Waals surface area contributed by atoms with Crippen molar-refractivity contribution in [3.05, 3.63) is 23.8 Å². The minimum absolute atomic E-state index is 0.0331. The number of benzene rings is 1. The maximum absolute atomic E-state index is 11.9. The van der Waals surface area contributed by atoms with Gasteiger partial charge in [-0.25, -0.2) is 0 Å². The molecule has 0 radical (unpaired) electrons. The molecular formula is C14H19NO4. The highest BCUT2D eigenvalue weighted by Gasteiger charge is 2.15. The Morgan fingerprint density at radius 1 is 1.58 bits per heavy atom. The molecule has 1 saturated heterocycles. The Hall–Kier alpha value is -1.75. The summed E-state index contributed by atoms with van der Waals surface area (Å²) in [5, 5.41) is 12.4. The van der Waals surface area contributed by atoms with Crippen molar-refractivity contribution in [2.75, 3.05) is 20.3 Å². The number of carbonyl (C=O) groups excluding carboxylic acids is 1. The van der Waals surface area contributed by atoms with E-state index >= 15 is 0 Å². The zero-order valence-corrected chi connectivity index (χ0v) is 11.0. The zero-order valence-electron chi connectivity index (χ0n) is 11.0. The van der Waals surface area contributed by atoms with Gasteiger partial charge in [0.25, 0.3) is 5.91 Å². The summed E-state index contributed by atoms with van der Waals surface area (Å²) >= 11 is 0. The van der Waals surface area contributed by atoms with Gasteiger partial charge in [0, 0.05) is 18.7 Å². The fraction of sp³-hybridized carbons (Fsp3) is 0.500. The zero-order chi connectivity index (χ0) is 13.7. The van der Waals surface area contributed by atoms with Crippen LogP contribution in [0.2, 0.25) is 0 Å². The normalized spacial score (nSPS) is 18.3. The molecule has 1 aromatic carbocycles. The van der Waals surface area contributed by atoms with Gasteiger partial charge in [-0.15, -0.1) is 0 Å². The van der Waals surface area contributed by atoms with Crippen molar-refractivity contribution in [2.45, 2.75) is 25.4 Å². The second-order valence-corrected chi connectivity index (χ2v) is 4.57. The van der Waals surface area contributed by atoms with Gasteiger partial charge in [-0.05, 0) is 37.5 Å². The fourth-order valence-electron chi connectivity index (χ4n) is 2.15. The average Bonchev–Trinajstić information content (AvgIpc) is 2.91. The number of methoxy groups -OCH3 is 1. The highest BCUT2D eigenvalue weighted by molar-refractivity contribution is 5.94. The van der Waals surface area contributed by atoms with Crippen LogP contribution in [0.3, 0.4) is 0 Å². The molecule has 2 rings (SSSR count). The standard InChI is InChI=1S/C14H19NO4/c1-18-13-5-4-10(9-12(13)16)14(17)15-7-6-11-3-2-8-19-11/h4-5,9,11,16H,2-3,6-8H2,1H3,(H,15,17).